The molecule has 0 aliphatic carbocycles. The average Bonchev–Trinajstić information content (AvgIpc) is 2.71. The first-order chi connectivity index (χ1) is 15.1. The Hall–Kier alpha value is -2.79. The topological polar surface area (TPSA) is 122 Å². The number of hydrogen-bond acceptors (Lipinski definition) is 7. The first-order valence-corrected chi connectivity index (χ1v) is 10.9. The van der Waals surface area contributed by atoms with Crippen molar-refractivity contribution in [1.82, 2.24) is 15.3 Å². The van der Waals surface area contributed by atoms with Crippen LogP contribution in [0.25, 0.3) is 0 Å². The van der Waals surface area contributed by atoms with Crippen molar-refractivity contribution in [1.29, 1.82) is 0 Å². The molecule has 172 valence electrons. The van der Waals surface area contributed by atoms with Crippen LogP contribution in [0.5, 0.6) is 0 Å². The van der Waals surface area contributed by atoms with Crippen LogP contribution in [0.4, 0.5) is 26.2 Å². The Labute approximate surface area is 194 Å². The summed E-state index contributed by atoms with van der Waals surface area (Å²) in [4.78, 5) is 35.4. The van der Waals surface area contributed by atoms with E-state index in [4.69, 9.17) is 10.5 Å². The third kappa shape index (κ3) is 5.71. The monoisotopic (exact) mass is 508 g/mol. The number of carbonyl (C=O) groups excluding carboxylic acids is 2. The summed E-state index contributed by atoms with van der Waals surface area (Å²) in [6.45, 7) is 5.92. The first-order valence-electron chi connectivity index (χ1n) is 10.1. The van der Waals surface area contributed by atoms with Crippen molar-refractivity contribution in [3.63, 3.8) is 0 Å². The van der Waals surface area contributed by atoms with E-state index >= 15 is 0 Å². The highest BCUT2D eigenvalue weighted by molar-refractivity contribution is 9.10. The van der Waals surface area contributed by atoms with Crippen LogP contribution in [0.3, 0.4) is 0 Å². The molecule has 1 fully saturated rings. The van der Waals surface area contributed by atoms with E-state index in [2.05, 4.69) is 36.5 Å². The third-order valence-electron chi connectivity index (χ3n) is 4.70. The lowest BCUT2D eigenvalue weighted by molar-refractivity contribution is 0.0535. The Morgan fingerprint density at radius 3 is 2.78 bits per heavy atom. The number of rotatable bonds is 4. The molecule has 4 N–H and O–H groups in total. The summed E-state index contributed by atoms with van der Waals surface area (Å²) in [6, 6.07) is 3.86. The Kier molecular flexibility index (Phi) is 7.29. The smallest absolute Gasteiger partial charge is 0.415 e. The van der Waals surface area contributed by atoms with Crippen molar-refractivity contribution in [3.05, 3.63) is 40.9 Å². The van der Waals surface area contributed by atoms with Gasteiger partial charge in [0.05, 0.1) is 29.3 Å². The minimum atomic E-state index is -1.28. The quantitative estimate of drug-likeness (QED) is 0.539. The second-order valence-corrected chi connectivity index (χ2v) is 9.16. The summed E-state index contributed by atoms with van der Waals surface area (Å²) < 4.78 is 20.9. The molecule has 11 heteroatoms. The van der Waals surface area contributed by atoms with Gasteiger partial charge in [-0.15, -0.1) is 0 Å². The van der Waals surface area contributed by atoms with Gasteiger partial charge in [-0.3, -0.25) is 14.7 Å². The summed E-state index contributed by atoms with van der Waals surface area (Å²) >= 11 is 3.22. The number of nitrogens with zero attached hydrogens (tertiary/aromatic N) is 3. The van der Waals surface area contributed by atoms with Gasteiger partial charge in [-0.25, -0.2) is 14.2 Å². The number of ether oxygens (including phenoxy) is 1. The van der Waals surface area contributed by atoms with Gasteiger partial charge >= 0.3 is 6.09 Å². The first kappa shape index (κ1) is 23.9. The van der Waals surface area contributed by atoms with E-state index in [0.29, 0.717) is 11.1 Å². The molecule has 2 unspecified atom stereocenters. The number of nitrogens with one attached hydrogen (secondary N) is 2. The van der Waals surface area contributed by atoms with Crippen molar-refractivity contribution >= 4 is 45.0 Å². The van der Waals surface area contributed by atoms with Crippen molar-refractivity contribution in [3.8, 4) is 0 Å². The molecule has 0 bridgehead atoms. The molecular weight excluding hydrogens is 483 g/mol. The Morgan fingerprint density at radius 1 is 1.34 bits per heavy atom. The largest absolute Gasteiger partial charge is 0.443 e. The fourth-order valence-corrected chi connectivity index (χ4v) is 3.60. The van der Waals surface area contributed by atoms with E-state index in [0.717, 1.165) is 0 Å². The van der Waals surface area contributed by atoms with Crippen molar-refractivity contribution in [2.75, 3.05) is 29.0 Å². The molecule has 2 aromatic rings. The molecule has 32 heavy (non-hydrogen) atoms. The summed E-state index contributed by atoms with van der Waals surface area (Å²) in [5.74, 6) is -0.597. The maximum absolute atomic E-state index is 14.9. The molecule has 1 saturated heterocycles. The predicted molar refractivity (Wildman–Crippen MR) is 123 cm³/mol. The summed E-state index contributed by atoms with van der Waals surface area (Å²) in [5, 5.41) is 5.80. The number of piperidine rings is 1. The normalized spacial score (nSPS) is 18.7. The number of halogens is 2. The highest BCUT2D eigenvalue weighted by atomic mass is 79.9. The molecule has 1 aliphatic heterocycles. The second kappa shape index (κ2) is 9.78. The van der Waals surface area contributed by atoms with Gasteiger partial charge < -0.3 is 21.1 Å². The Balaban J connectivity index is 1.99. The van der Waals surface area contributed by atoms with Gasteiger partial charge in [0.15, 0.2) is 5.69 Å². The van der Waals surface area contributed by atoms with Gasteiger partial charge in [-0.05, 0) is 67.9 Å². The number of pyridine rings is 2. The molecule has 3 rings (SSSR count). The minimum absolute atomic E-state index is 0.000646. The average molecular weight is 509 g/mol. The van der Waals surface area contributed by atoms with Crippen molar-refractivity contribution in [2.45, 2.75) is 45.0 Å². The van der Waals surface area contributed by atoms with E-state index in [1.165, 1.54) is 23.4 Å². The number of hydrogen-bond donors (Lipinski definition) is 3. The number of anilines is 3. The number of alkyl halides is 1. The lowest BCUT2D eigenvalue weighted by Gasteiger charge is -2.38. The van der Waals surface area contributed by atoms with Crippen LogP contribution in [-0.4, -0.2) is 52.9 Å². The zero-order chi connectivity index (χ0) is 23.5. The van der Waals surface area contributed by atoms with Crippen LogP contribution in [0.2, 0.25) is 0 Å². The lowest BCUT2D eigenvalue weighted by atomic mass is 10.0. The van der Waals surface area contributed by atoms with E-state index in [-0.39, 0.29) is 35.7 Å². The van der Waals surface area contributed by atoms with E-state index in [1.54, 1.807) is 32.9 Å². The van der Waals surface area contributed by atoms with Gasteiger partial charge in [0.2, 0.25) is 0 Å². The van der Waals surface area contributed by atoms with E-state index < -0.39 is 29.8 Å². The molecule has 2 atom stereocenters. The molecule has 2 aromatic heterocycles. The van der Waals surface area contributed by atoms with Crippen LogP contribution >= 0.6 is 15.9 Å². The Morgan fingerprint density at radius 2 is 2.09 bits per heavy atom. The lowest BCUT2D eigenvalue weighted by Crippen LogP contribution is -2.56. The van der Waals surface area contributed by atoms with Crippen LogP contribution in [-0.2, 0) is 4.74 Å². The standard InChI is InChI=1S/C21H26BrFN6O3/c1-21(2,3)32-20(31)29(16-11-26-8-6-12(16)23)15-7-9-25-10-14(15)27-19(30)18-13(24)4-5-17(22)28-18/h4-5,7,9-10,12,16,26H,6,8,11,24H2,1-3H3,(H,27,30). The summed E-state index contributed by atoms with van der Waals surface area (Å²) in [5.41, 5.74) is 5.73. The van der Waals surface area contributed by atoms with Gasteiger partial charge in [0, 0.05) is 12.7 Å². The van der Waals surface area contributed by atoms with Gasteiger partial charge in [0.25, 0.3) is 5.91 Å². The highest BCUT2D eigenvalue weighted by Gasteiger charge is 2.38. The van der Waals surface area contributed by atoms with Gasteiger partial charge in [-0.1, -0.05) is 0 Å². The maximum Gasteiger partial charge on any atom is 0.415 e. The molecule has 0 aromatic carbocycles. The van der Waals surface area contributed by atoms with Crippen LogP contribution in [0.1, 0.15) is 37.7 Å². The summed E-state index contributed by atoms with van der Waals surface area (Å²) in [6.07, 6.45) is 1.08. The number of carbonyl (C=O) groups is 2. The molecular formula is C21H26BrFN6O3. The molecule has 9 nitrogen and oxygen atoms in total. The molecule has 0 spiro atoms. The second-order valence-electron chi connectivity index (χ2n) is 8.35. The van der Waals surface area contributed by atoms with Crippen molar-refractivity contribution in [2.24, 2.45) is 0 Å². The van der Waals surface area contributed by atoms with Gasteiger partial charge in [-0.2, -0.15) is 0 Å². The molecule has 3 heterocycles. The zero-order valence-electron chi connectivity index (χ0n) is 18.1. The van der Waals surface area contributed by atoms with E-state index in [1.807, 2.05) is 0 Å². The van der Waals surface area contributed by atoms with Crippen LogP contribution in [0, 0.1) is 0 Å². The Bertz CT molecular complexity index is 1000. The molecule has 1 aliphatic rings. The molecule has 0 saturated carbocycles. The van der Waals surface area contributed by atoms with Gasteiger partial charge in [0.1, 0.15) is 16.4 Å². The third-order valence-corrected chi connectivity index (χ3v) is 5.14. The maximum atomic E-state index is 14.9. The minimum Gasteiger partial charge on any atom is -0.443 e. The highest BCUT2D eigenvalue weighted by Crippen LogP contribution is 2.31. The SMILES string of the molecule is CC(C)(C)OC(=O)N(c1ccncc1NC(=O)c1nc(Br)ccc1N)C1CNCCC1F. The number of aromatic nitrogens is 2. The number of nitrogen functional groups attached to an aromatic ring is 1. The van der Waals surface area contributed by atoms with Crippen LogP contribution in [0.15, 0.2) is 35.2 Å². The van der Waals surface area contributed by atoms with Crippen LogP contribution < -0.4 is 21.3 Å². The molecule has 0 radical (unpaired) electrons. The number of nitrogens with two attached hydrogens (primary N) is 1. The fraction of sp³-hybridized carbons (Fsp3) is 0.429. The van der Waals surface area contributed by atoms with Crippen molar-refractivity contribution < 1.29 is 18.7 Å². The fourth-order valence-electron chi connectivity index (χ4n) is 3.29. The molecule has 2 amide bonds. The zero-order valence-corrected chi connectivity index (χ0v) is 19.6. The predicted octanol–water partition coefficient (Wildman–Crippen LogP) is 3.52. The number of amides is 2. The van der Waals surface area contributed by atoms with E-state index in [9.17, 15) is 14.0 Å². The summed E-state index contributed by atoms with van der Waals surface area (Å²) in [7, 11) is 0.